The summed E-state index contributed by atoms with van der Waals surface area (Å²) in [5, 5.41) is 3.18. The molecular formula is C15H15N5O2S. The van der Waals surface area contributed by atoms with Crippen LogP contribution < -0.4 is 5.32 Å². The SMILES string of the molecule is CC1CC(=O)c2cnc(NC(=O)CSc3ncccn3)nc2C1. The van der Waals surface area contributed by atoms with Crippen LogP contribution >= 0.6 is 11.8 Å². The number of fused-ring (bicyclic) bond motifs is 1. The van der Waals surface area contributed by atoms with Crippen molar-refractivity contribution in [2.75, 3.05) is 11.1 Å². The summed E-state index contributed by atoms with van der Waals surface area (Å²) in [5.74, 6) is 0.482. The monoisotopic (exact) mass is 329 g/mol. The first-order valence-electron chi connectivity index (χ1n) is 7.20. The third kappa shape index (κ3) is 3.89. The van der Waals surface area contributed by atoms with Gasteiger partial charge in [0.1, 0.15) is 0 Å². The lowest BCUT2D eigenvalue weighted by molar-refractivity contribution is -0.113. The Morgan fingerprint density at radius 3 is 2.87 bits per heavy atom. The van der Waals surface area contributed by atoms with E-state index < -0.39 is 0 Å². The molecule has 0 aromatic carbocycles. The second kappa shape index (κ2) is 6.82. The molecule has 1 N–H and O–H groups in total. The van der Waals surface area contributed by atoms with Crippen LogP contribution in [0.25, 0.3) is 0 Å². The number of carbonyl (C=O) groups excluding carboxylic acids is 2. The van der Waals surface area contributed by atoms with Crippen LogP contribution in [-0.4, -0.2) is 37.4 Å². The first kappa shape index (κ1) is 15.5. The van der Waals surface area contributed by atoms with Crippen LogP contribution in [0, 0.1) is 5.92 Å². The van der Waals surface area contributed by atoms with E-state index in [2.05, 4.69) is 25.3 Å². The van der Waals surface area contributed by atoms with Gasteiger partial charge in [-0.2, -0.15) is 0 Å². The summed E-state index contributed by atoms with van der Waals surface area (Å²) in [7, 11) is 0. The van der Waals surface area contributed by atoms with Crippen molar-refractivity contribution in [1.29, 1.82) is 0 Å². The number of carbonyl (C=O) groups is 2. The van der Waals surface area contributed by atoms with Crippen molar-refractivity contribution in [3.63, 3.8) is 0 Å². The highest BCUT2D eigenvalue weighted by molar-refractivity contribution is 7.99. The van der Waals surface area contributed by atoms with Gasteiger partial charge in [0.2, 0.25) is 11.9 Å². The fraction of sp³-hybridized carbons (Fsp3) is 0.333. The van der Waals surface area contributed by atoms with Gasteiger partial charge in [-0.05, 0) is 18.4 Å². The van der Waals surface area contributed by atoms with Crippen molar-refractivity contribution in [2.24, 2.45) is 5.92 Å². The fourth-order valence-corrected chi connectivity index (χ4v) is 2.95. The highest BCUT2D eigenvalue weighted by Gasteiger charge is 2.24. The third-order valence-corrected chi connectivity index (χ3v) is 4.24. The van der Waals surface area contributed by atoms with Crippen LogP contribution in [0.2, 0.25) is 0 Å². The smallest absolute Gasteiger partial charge is 0.237 e. The molecule has 7 nitrogen and oxygen atoms in total. The zero-order valence-corrected chi connectivity index (χ0v) is 13.3. The summed E-state index contributed by atoms with van der Waals surface area (Å²) in [6.07, 6.45) is 5.99. The number of Topliss-reactive ketones (excluding diaryl/α,β-unsaturated/α-hetero) is 1. The van der Waals surface area contributed by atoms with Crippen LogP contribution in [0.1, 0.15) is 29.4 Å². The molecule has 8 heteroatoms. The molecule has 1 aliphatic rings. The quantitative estimate of drug-likeness (QED) is 0.674. The van der Waals surface area contributed by atoms with Gasteiger partial charge in [-0.25, -0.2) is 19.9 Å². The highest BCUT2D eigenvalue weighted by Crippen LogP contribution is 2.24. The fourth-order valence-electron chi connectivity index (χ4n) is 2.35. The molecule has 0 radical (unpaired) electrons. The minimum absolute atomic E-state index is 0.0633. The van der Waals surface area contributed by atoms with Crippen LogP contribution in [0.5, 0.6) is 0 Å². The van der Waals surface area contributed by atoms with E-state index in [1.807, 2.05) is 6.92 Å². The molecule has 0 saturated heterocycles. The number of thioether (sulfide) groups is 1. The Balaban J connectivity index is 1.63. The molecule has 1 aliphatic carbocycles. The number of nitrogens with zero attached hydrogens (tertiary/aromatic N) is 4. The molecule has 1 unspecified atom stereocenters. The lowest BCUT2D eigenvalue weighted by Gasteiger charge is -2.19. The number of hydrogen-bond acceptors (Lipinski definition) is 7. The number of amides is 1. The molecule has 2 aromatic rings. The summed E-state index contributed by atoms with van der Waals surface area (Å²) in [5.41, 5.74) is 1.27. The Labute approximate surface area is 137 Å². The minimum atomic E-state index is -0.238. The lowest BCUT2D eigenvalue weighted by Crippen LogP contribution is -2.22. The van der Waals surface area contributed by atoms with E-state index >= 15 is 0 Å². The van der Waals surface area contributed by atoms with Gasteiger partial charge >= 0.3 is 0 Å². The average Bonchev–Trinajstić information content (AvgIpc) is 2.53. The number of ketones is 1. The molecule has 3 rings (SSSR count). The van der Waals surface area contributed by atoms with Crippen molar-refractivity contribution in [3.8, 4) is 0 Å². The number of anilines is 1. The van der Waals surface area contributed by atoms with Crippen LogP contribution in [0.15, 0.2) is 29.8 Å². The Kier molecular flexibility index (Phi) is 4.61. The Morgan fingerprint density at radius 2 is 2.09 bits per heavy atom. The summed E-state index contributed by atoms with van der Waals surface area (Å²) in [6.45, 7) is 2.01. The van der Waals surface area contributed by atoms with Gasteiger partial charge in [-0.15, -0.1) is 0 Å². The van der Waals surface area contributed by atoms with Crippen molar-refractivity contribution < 1.29 is 9.59 Å². The molecule has 0 spiro atoms. The maximum absolute atomic E-state index is 11.9. The molecule has 1 amide bonds. The molecule has 1 atom stereocenters. The highest BCUT2D eigenvalue weighted by atomic mass is 32.2. The van der Waals surface area contributed by atoms with Crippen LogP contribution in [0.3, 0.4) is 0 Å². The largest absolute Gasteiger partial charge is 0.294 e. The van der Waals surface area contributed by atoms with E-state index in [1.165, 1.54) is 18.0 Å². The van der Waals surface area contributed by atoms with Crippen LogP contribution in [0.4, 0.5) is 5.95 Å². The molecule has 118 valence electrons. The van der Waals surface area contributed by atoms with Gasteiger partial charge in [0.05, 0.1) is 17.0 Å². The number of hydrogen-bond donors (Lipinski definition) is 1. The van der Waals surface area contributed by atoms with E-state index in [4.69, 9.17) is 0 Å². The van der Waals surface area contributed by atoms with Crippen molar-refractivity contribution in [3.05, 3.63) is 35.9 Å². The normalized spacial score (nSPS) is 16.7. The lowest BCUT2D eigenvalue weighted by atomic mass is 9.88. The first-order valence-corrected chi connectivity index (χ1v) is 8.19. The van der Waals surface area contributed by atoms with E-state index in [-0.39, 0.29) is 29.3 Å². The van der Waals surface area contributed by atoms with Crippen molar-refractivity contribution >= 4 is 29.4 Å². The predicted octanol–water partition coefficient (Wildman–Crippen LogP) is 1.76. The summed E-state index contributed by atoms with van der Waals surface area (Å²) >= 11 is 1.23. The second-order valence-corrected chi connectivity index (χ2v) is 6.30. The zero-order chi connectivity index (χ0) is 16.2. The zero-order valence-electron chi connectivity index (χ0n) is 12.5. The van der Waals surface area contributed by atoms with Gasteiger partial charge in [0, 0.05) is 25.0 Å². The van der Waals surface area contributed by atoms with Gasteiger partial charge < -0.3 is 0 Å². The molecule has 0 bridgehead atoms. The maximum atomic E-state index is 11.9. The summed E-state index contributed by atoms with van der Waals surface area (Å²) in [6, 6.07) is 1.72. The number of nitrogens with one attached hydrogen (secondary N) is 1. The van der Waals surface area contributed by atoms with E-state index in [0.717, 1.165) is 6.42 Å². The van der Waals surface area contributed by atoms with Gasteiger partial charge in [-0.3, -0.25) is 14.9 Å². The molecule has 0 aliphatic heterocycles. The Bertz CT molecular complexity index is 738. The predicted molar refractivity (Wildman–Crippen MR) is 85.2 cm³/mol. The van der Waals surface area contributed by atoms with Gasteiger partial charge in [0.15, 0.2) is 10.9 Å². The average molecular weight is 329 g/mol. The first-order chi connectivity index (χ1) is 11.1. The molecular weight excluding hydrogens is 314 g/mol. The van der Waals surface area contributed by atoms with Crippen molar-refractivity contribution in [1.82, 2.24) is 19.9 Å². The number of rotatable bonds is 4. The van der Waals surface area contributed by atoms with E-state index in [0.29, 0.717) is 22.8 Å². The molecule has 23 heavy (non-hydrogen) atoms. The van der Waals surface area contributed by atoms with E-state index in [1.54, 1.807) is 18.5 Å². The second-order valence-electron chi connectivity index (χ2n) is 5.36. The van der Waals surface area contributed by atoms with Gasteiger partial charge in [-0.1, -0.05) is 18.7 Å². The third-order valence-electron chi connectivity index (χ3n) is 3.37. The Morgan fingerprint density at radius 1 is 1.30 bits per heavy atom. The number of aromatic nitrogens is 4. The standard InChI is InChI=1S/C15H15N5O2S/c1-9-5-11-10(12(21)6-9)7-18-14(19-11)20-13(22)8-23-15-16-3-2-4-17-15/h2-4,7,9H,5-6,8H2,1H3,(H,18,19,20,22). The van der Waals surface area contributed by atoms with Gasteiger partial charge in [0.25, 0.3) is 0 Å². The van der Waals surface area contributed by atoms with E-state index in [9.17, 15) is 9.59 Å². The van der Waals surface area contributed by atoms with Crippen LogP contribution in [-0.2, 0) is 11.2 Å². The molecule has 0 saturated carbocycles. The molecule has 2 heterocycles. The minimum Gasteiger partial charge on any atom is -0.294 e. The maximum Gasteiger partial charge on any atom is 0.237 e. The summed E-state index contributed by atoms with van der Waals surface area (Å²) < 4.78 is 0. The molecule has 0 fully saturated rings. The topological polar surface area (TPSA) is 97.7 Å². The molecule has 2 aromatic heterocycles. The van der Waals surface area contributed by atoms with Crippen molar-refractivity contribution in [2.45, 2.75) is 24.9 Å². The Hall–Kier alpha value is -2.35. The summed E-state index contributed by atoms with van der Waals surface area (Å²) in [4.78, 5) is 40.3.